The largest absolute Gasteiger partial charge is 0.392 e. The number of aliphatic hydroxyl groups excluding tert-OH is 1. The monoisotopic (exact) mass is 268 g/mol. The van der Waals surface area contributed by atoms with Gasteiger partial charge < -0.3 is 10.0 Å². The summed E-state index contributed by atoms with van der Waals surface area (Å²) in [6.45, 7) is 7.93. The molecule has 3 nitrogen and oxygen atoms in total. The van der Waals surface area contributed by atoms with Gasteiger partial charge in [-0.05, 0) is 38.1 Å². The van der Waals surface area contributed by atoms with Gasteiger partial charge in [-0.3, -0.25) is 4.90 Å². The average Bonchev–Trinajstić information content (AvgIpc) is 2.39. The summed E-state index contributed by atoms with van der Waals surface area (Å²) < 4.78 is 0. The zero-order chi connectivity index (χ0) is 13.1. The van der Waals surface area contributed by atoms with Crippen LogP contribution in [0, 0.1) is 0 Å². The van der Waals surface area contributed by atoms with E-state index in [9.17, 15) is 5.11 Å². The van der Waals surface area contributed by atoms with Gasteiger partial charge in [-0.1, -0.05) is 11.6 Å². The second-order valence-corrected chi connectivity index (χ2v) is 5.42. The molecule has 18 heavy (non-hydrogen) atoms. The second kappa shape index (κ2) is 5.91. The number of rotatable bonds is 3. The topological polar surface area (TPSA) is 26.7 Å². The SMILES string of the molecule is CC(O)C(C)N1CCN(c2ccc(Cl)cc2)CC1. The van der Waals surface area contributed by atoms with Crippen molar-refractivity contribution >= 4 is 17.3 Å². The van der Waals surface area contributed by atoms with Crippen LogP contribution in [-0.2, 0) is 0 Å². The zero-order valence-corrected chi connectivity index (χ0v) is 11.8. The van der Waals surface area contributed by atoms with Gasteiger partial charge in [-0.2, -0.15) is 0 Å². The molecular formula is C14H21ClN2O. The molecule has 1 heterocycles. The molecule has 1 fully saturated rings. The lowest BCUT2D eigenvalue weighted by Gasteiger charge is -2.40. The molecule has 1 N–H and O–H groups in total. The molecule has 2 atom stereocenters. The molecule has 0 aromatic heterocycles. The van der Waals surface area contributed by atoms with E-state index >= 15 is 0 Å². The zero-order valence-electron chi connectivity index (χ0n) is 11.0. The van der Waals surface area contributed by atoms with Crippen molar-refractivity contribution in [1.29, 1.82) is 0 Å². The third-order valence-electron chi connectivity index (χ3n) is 3.78. The van der Waals surface area contributed by atoms with Crippen LogP contribution < -0.4 is 4.90 Å². The number of piperazine rings is 1. The maximum absolute atomic E-state index is 9.62. The number of anilines is 1. The first-order valence-corrected chi connectivity index (χ1v) is 6.88. The lowest BCUT2D eigenvalue weighted by Crippen LogP contribution is -2.52. The van der Waals surface area contributed by atoms with Crippen molar-refractivity contribution in [2.45, 2.75) is 26.0 Å². The van der Waals surface area contributed by atoms with Crippen LogP contribution in [0.25, 0.3) is 0 Å². The van der Waals surface area contributed by atoms with E-state index in [1.54, 1.807) is 0 Å². The normalized spacial score (nSPS) is 20.8. The lowest BCUT2D eigenvalue weighted by molar-refractivity contribution is 0.0672. The fraction of sp³-hybridized carbons (Fsp3) is 0.571. The summed E-state index contributed by atoms with van der Waals surface area (Å²) >= 11 is 5.90. The van der Waals surface area contributed by atoms with E-state index in [0.717, 1.165) is 31.2 Å². The molecule has 1 aliphatic rings. The molecule has 1 saturated heterocycles. The van der Waals surface area contributed by atoms with Gasteiger partial charge in [0.05, 0.1) is 6.10 Å². The average molecular weight is 269 g/mol. The van der Waals surface area contributed by atoms with Crippen molar-refractivity contribution in [2.24, 2.45) is 0 Å². The van der Waals surface area contributed by atoms with Gasteiger partial charge in [0, 0.05) is 42.9 Å². The summed E-state index contributed by atoms with van der Waals surface area (Å²) in [7, 11) is 0. The van der Waals surface area contributed by atoms with Gasteiger partial charge in [-0.25, -0.2) is 0 Å². The van der Waals surface area contributed by atoms with Crippen LogP contribution in [-0.4, -0.2) is 48.3 Å². The maximum atomic E-state index is 9.62. The van der Waals surface area contributed by atoms with Crippen LogP contribution in [0.15, 0.2) is 24.3 Å². The summed E-state index contributed by atoms with van der Waals surface area (Å²) in [6, 6.07) is 8.23. The van der Waals surface area contributed by atoms with Crippen molar-refractivity contribution in [3.63, 3.8) is 0 Å². The highest BCUT2D eigenvalue weighted by molar-refractivity contribution is 6.30. The summed E-state index contributed by atoms with van der Waals surface area (Å²) in [5, 5.41) is 10.4. The number of hydrogen-bond donors (Lipinski definition) is 1. The molecule has 2 unspecified atom stereocenters. The Bertz CT molecular complexity index is 372. The van der Waals surface area contributed by atoms with E-state index in [1.807, 2.05) is 19.1 Å². The highest BCUT2D eigenvalue weighted by Gasteiger charge is 2.23. The van der Waals surface area contributed by atoms with E-state index in [4.69, 9.17) is 11.6 Å². The summed E-state index contributed by atoms with van der Waals surface area (Å²) in [6.07, 6.45) is -0.271. The summed E-state index contributed by atoms with van der Waals surface area (Å²) in [5.41, 5.74) is 1.23. The Morgan fingerprint density at radius 1 is 1.06 bits per heavy atom. The van der Waals surface area contributed by atoms with Crippen LogP contribution in [0.4, 0.5) is 5.69 Å². The van der Waals surface area contributed by atoms with Crippen LogP contribution in [0.2, 0.25) is 5.02 Å². The Hall–Kier alpha value is -0.770. The first-order chi connectivity index (χ1) is 8.58. The van der Waals surface area contributed by atoms with E-state index in [1.165, 1.54) is 5.69 Å². The predicted octanol–water partition coefficient (Wildman–Crippen LogP) is 2.23. The fourth-order valence-corrected chi connectivity index (χ4v) is 2.47. The van der Waals surface area contributed by atoms with Crippen molar-refractivity contribution in [2.75, 3.05) is 31.1 Å². The van der Waals surface area contributed by atoms with Crippen LogP contribution in [0.3, 0.4) is 0 Å². The molecule has 0 radical (unpaired) electrons. The van der Waals surface area contributed by atoms with E-state index in [0.29, 0.717) is 0 Å². The molecule has 0 aliphatic carbocycles. The van der Waals surface area contributed by atoms with Crippen molar-refractivity contribution in [3.05, 3.63) is 29.3 Å². The molecule has 1 aromatic rings. The van der Waals surface area contributed by atoms with Gasteiger partial charge >= 0.3 is 0 Å². The molecule has 0 bridgehead atoms. The minimum atomic E-state index is -0.271. The van der Waals surface area contributed by atoms with Gasteiger partial charge in [0.2, 0.25) is 0 Å². The smallest absolute Gasteiger partial charge is 0.0664 e. The van der Waals surface area contributed by atoms with E-state index in [2.05, 4.69) is 28.9 Å². The quantitative estimate of drug-likeness (QED) is 0.911. The minimum absolute atomic E-state index is 0.234. The highest BCUT2D eigenvalue weighted by atomic mass is 35.5. The molecular weight excluding hydrogens is 248 g/mol. The van der Waals surface area contributed by atoms with E-state index in [-0.39, 0.29) is 12.1 Å². The van der Waals surface area contributed by atoms with Crippen molar-refractivity contribution in [3.8, 4) is 0 Å². The van der Waals surface area contributed by atoms with Crippen LogP contribution in [0.1, 0.15) is 13.8 Å². The Morgan fingerprint density at radius 3 is 2.11 bits per heavy atom. The van der Waals surface area contributed by atoms with Gasteiger partial charge in [0.15, 0.2) is 0 Å². The Morgan fingerprint density at radius 2 is 1.61 bits per heavy atom. The molecule has 4 heteroatoms. The van der Waals surface area contributed by atoms with Crippen molar-refractivity contribution < 1.29 is 5.11 Å². The summed E-state index contributed by atoms with van der Waals surface area (Å²) in [5.74, 6) is 0. The molecule has 1 aromatic carbocycles. The van der Waals surface area contributed by atoms with Gasteiger partial charge in [0.25, 0.3) is 0 Å². The maximum Gasteiger partial charge on any atom is 0.0664 e. The van der Waals surface area contributed by atoms with E-state index < -0.39 is 0 Å². The first kappa shape index (κ1) is 13.7. The Kier molecular flexibility index (Phi) is 4.49. The summed E-state index contributed by atoms with van der Waals surface area (Å²) in [4.78, 5) is 4.71. The number of hydrogen-bond acceptors (Lipinski definition) is 3. The molecule has 1 aliphatic heterocycles. The Labute approximate surface area is 114 Å². The minimum Gasteiger partial charge on any atom is -0.392 e. The molecule has 2 rings (SSSR count). The molecule has 100 valence electrons. The second-order valence-electron chi connectivity index (χ2n) is 4.98. The molecule has 0 spiro atoms. The first-order valence-electron chi connectivity index (χ1n) is 6.50. The fourth-order valence-electron chi connectivity index (χ4n) is 2.34. The third kappa shape index (κ3) is 3.16. The van der Waals surface area contributed by atoms with Crippen LogP contribution >= 0.6 is 11.6 Å². The predicted molar refractivity (Wildman–Crippen MR) is 76.4 cm³/mol. The standard InChI is InChI=1S/C14H21ClN2O/c1-11(12(2)18)16-7-9-17(10-8-16)14-5-3-13(15)4-6-14/h3-6,11-12,18H,7-10H2,1-2H3. The lowest BCUT2D eigenvalue weighted by atomic mass is 10.1. The molecule has 0 saturated carbocycles. The third-order valence-corrected chi connectivity index (χ3v) is 4.03. The number of benzene rings is 1. The number of nitrogens with zero attached hydrogens (tertiary/aromatic N) is 2. The van der Waals surface area contributed by atoms with Crippen molar-refractivity contribution in [1.82, 2.24) is 4.90 Å². The van der Waals surface area contributed by atoms with Gasteiger partial charge in [-0.15, -0.1) is 0 Å². The number of halogens is 1. The van der Waals surface area contributed by atoms with Gasteiger partial charge in [0.1, 0.15) is 0 Å². The molecule has 0 amide bonds. The number of aliphatic hydroxyl groups is 1. The highest BCUT2D eigenvalue weighted by Crippen LogP contribution is 2.20. The van der Waals surface area contributed by atoms with Crippen LogP contribution in [0.5, 0.6) is 0 Å². The Balaban J connectivity index is 1.92.